The Morgan fingerprint density at radius 2 is 2.33 bits per heavy atom. The van der Waals surface area contributed by atoms with Crippen molar-refractivity contribution >= 4 is 18.3 Å². The molecular formula is C4H9ClN6O. The first kappa shape index (κ1) is 10.8. The van der Waals surface area contributed by atoms with Gasteiger partial charge in [0.05, 0.1) is 6.04 Å². The lowest BCUT2D eigenvalue weighted by Crippen LogP contribution is -2.21. The third-order valence-corrected chi connectivity index (χ3v) is 1.11. The number of nitrogens with two attached hydrogens (primary N) is 2. The molecule has 0 bridgehead atoms. The molecule has 1 rings (SSSR count). The number of aromatic amines is 1. The number of rotatable bonds is 3. The molecule has 0 saturated carbocycles. The summed E-state index contributed by atoms with van der Waals surface area (Å²) < 4.78 is 0. The quantitative estimate of drug-likeness (QED) is 0.538. The van der Waals surface area contributed by atoms with Crippen LogP contribution in [0.25, 0.3) is 0 Å². The third kappa shape index (κ3) is 2.81. The number of primary amides is 1. The highest BCUT2D eigenvalue weighted by molar-refractivity contribution is 5.85. The van der Waals surface area contributed by atoms with E-state index in [-0.39, 0.29) is 18.8 Å². The molecule has 0 aliphatic carbocycles. The monoisotopic (exact) mass is 192 g/mol. The molecule has 0 aromatic carbocycles. The lowest BCUT2D eigenvalue weighted by Gasteiger charge is -2.01. The number of halogens is 1. The van der Waals surface area contributed by atoms with Crippen LogP contribution in [-0.2, 0) is 4.79 Å². The summed E-state index contributed by atoms with van der Waals surface area (Å²) in [6, 6.07) is -0.564. The van der Waals surface area contributed by atoms with Gasteiger partial charge in [-0.1, -0.05) is 5.21 Å². The molecule has 12 heavy (non-hydrogen) atoms. The van der Waals surface area contributed by atoms with Crippen LogP contribution >= 0.6 is 12.4 Å². The molecule has 0 saturated heterocycles. The summed E-state index contributed by atoms with van der Waals surface area (Å²) >= 11 is 0. The fraction of sp³-hybridized carbons (Fsp3) is 0.500. The van der Waals surface area contributed by atoms with Gasteiger partial charge < -0.3 is 11.5 Å². The maximum Gasteiger partial charge on any atom is 0.219 e. The summed E-state index contributed by atoms with van der Waals surface area (Å²) in [5.41, 5.74) is 10.3. The first-order valence-corrected chi connectivity index (χ1v) is 2.97. The summed E-state index contributed by atoms with van der Waals surface area (Å²) in [5.74, 6) is -0.189. The lowest BCUT2D eigenvalue weighted by atomic mass is 10.2. The van der Waals surface area contributed by atoms with E-state index in [0.717, 1.165) is 0 Å². The fourth-order valence-corrected chi connectivity index (χ4v) is 0.635. The molecule has 1 atom stereocenters. The van der Waals surface area contributed by atoms with Crippen molar-refractivity contribution in [2.45, 2.75) is 12.5 Å². The van der Waals surface area contributed by atoms with Gasteiger partial charge in [0.2, 0.25) is 5.91 Å². The van der Waals surface area contributed by atoms with Gasteiger partial charge in [-0.25, -0.2) is 0 Å². The number of carbonyl (C=O) groups excluding carboxylic acids is 1. The van der Waals surface area contributed by atoms with Crippen LogP contribution in [0, 0.1) is 0 Å². The molecule has 0 aliphatic heterocycles. The van der Waals surface area contributed by atoms with Gasteiger partial charge in [0.25, 0.3) is 0 Å². The second-order valence-corrected chi connectivity index (χ2v) is 2.05. The van der Waals surface area contributed by atoms with Crippen molar-refractivity contribution in [2.24, 2.45) is 11.5 Å². The molecule has 0 fully saturated rings. The minimum Gasteiger partial charge on any atom is -0.370 e. The Kier molecular flexibility index (Phi) is 4.16. The van der Waals surface area contributed by atoms with Gasteiger partial charge in [0.15, 0.2) is 5.82 Å². The number of amides is 1. The van der Waals surface area contributed by atoms with Gasteiger partial charge in [-0.2, -0.15) is 5.21 Å². The maximum atomic E-state index is 10.4. The van der Waals surface area contributed by atoms with Crippen molar-refractivity contribution in [3.8, 4) is 0 Å². The average molecular weight is 193 g/mol. The number of carbonyl (C=O) groups is 1. The number of hydrogen-bond donors (Lipinski definition) is 3. The summed E-state index contributed by atoms with van der Waals surface area (Å²) in [5, 5.41) is 12.7. The van der Waals surface area contributed by atoms with E-state index in [9.17, 15) is 4.79 Å². The Bertz CT molecular complexity index is 236. The van der Waals surface area contributed by atoms with Crippen LogP contribution in [-0.4, -0.2) is 26.5 Å². The number of nitrogens with zero attached hydrogens (tertiary/aromatic N) is 3. The predicted octanol–water partition coefficient (Wildman–Crippen LogP) is -1.50. The molecular weight excluding hydrogens is 184 g/mol. The van der Waals surface area contributed by atoms with E-state index in [0.29, 0.717) is 5.82 Å². The van der Waals surface area contributed by atoms with Crippen LogP contribution < -0.4 is 11.5 Å². The van der Waals surface area contributed by atoms with Crippen molar-refractivity contribution in [3.05, 3.63) is 5.82 Å². The van der Waals surface area contributed by atoms with Crippen molar-refractivity contribution in [1.29, 1.82) is 0 Å². The summed E-state index contributed by atoms with van der Waals surface area (Å²) in [6.45, 7) is 0. The minimum atomic E-state index is -0.564. The van der Waals surface area contributed by atoms with Gasteiger partial charge in [0, 0.05) is 6.42 Å². The van der Waals surface area contributed by atoms with E-state index in [1.54, 1.807) is 0 Å². The molecule has 1 heterocycles. The van der Waals surface area contributed by atoms with Crippen molar-refractivity contribution in [1.82, 2.24) is 20.6 Å². The second kappa shape index (κ2) is 4.62. The number of hydrogen-bond acceptors (Lipinski definition) is 5. The van der Waals surface area contributed by atoms with E-state index in [1.807, 2.05) is 0 Å². The van der Waals surface area contributed by atoms with Crippen molar-refractivity contribution < 1.29 is 4.79 Å². The molecule has 1 aromatic heterocycles. The Hall–Kier alpha value is -1.21. The number of tetrazole rings is 1. The first-order chi connectivity index (χ1) is 5.20. The fourth-order valence-electron chi connectivity index (χ4n) is 0.635. The number of nitrogens with one attached hydrogen (secondary N) is 1. The molecule has 68 valence electrons. The predicted molar refractivity (Wildman–Crippen MR) is 42.2 cm³/mol. The largest absolute Gasteiger partial charge is 0.370 e. The molecule has 1 unspecified atom stereocenters. The van der Waals surface area contributed by atoms with Crippen LogP contribution in [0.15, 0.2) is 0 Å². The molecule has 1 aromatic rings. The van der Waals surface area contributed by atoms with E-state index < -0.39 is 11.9 Å². The van der Waals surface area contributed by atoms with Crippen LogP contribution in [0.2, 0.25) is 0 Å². The SMILES string of the molecule is Cl.NC(=O)CC(N)c1nn[nH]n1. The third-order valence-electron chi connectivity index (χ3n) is 1.11. The first-order valence-electron chi connectivity index (χ1n) is 2.97. The van der Waals surface area contributed by atoms with Crippen LogP contribution in [0.1, 0.15) is 18.3 Å². The number of H-pyrrole nitrogens is 1. The van der Waals surface area contributed by atoms with Crippen LogP contribution in [0.5, 0.6) is 0 Å². The smallest absolute Gasteiger partial charge is 0.219 e. The van der Waals surface area contributed by atoms with E-state index in [2.05, 4.69) is 20.6 Å². The van der Waals surface area contributed by atoms with Crippen LogP contribution in [0.4, 0.5) is 0 Å². The summed E-state index contributed by atoms with van der Waals surface area (Å²) in [6.07, 6.45) is 0.0273. The highest BCUT2D eigenvalue weighted by Gasteiger charge is 2.12. The zero-order valence-corrected chi connectivity index (χ0v) is 6.91. The normalized spacial score (nSPS) is 11.8. The molecule has 0 radical (unpaired) electrons. The number of aromatic nitrogens is 4. The molecule has 0 spiro atoms. The minimum absolute atomic E-state index is 0. The molecule has 8 heteroatoms. The second-order valence-electron chi connectivity index (χ2n) is 2.05. The standard InChI is InChI=1S/C4H8N6O.ClH/c5-2(1-3(6)11)4-7-9-10-8-4;/h2H,1,5H2,(H2,6,11)(H,7,8,9,10);1H. The molecule has 5 N–H and O–H groups in total. The zero-order chi connectivity index (χ0) is 8.27. The van der Waals surface area contributed by atoms with Crippen LogP contribution in [0.3, 0.4) is 0 Å². The topological polar surface area (TPSA) is 124 Å². The Balaban J connectivity index is 0.00000121. The van der Waals surface area contributed by atoms with E-state index >= 15 is 0 Å². The summed E-state index contributed by atoms with van der Waals surface area (Å²) in [7, 11) is 0. The zero-order valence-electron chi connectivity index (χ0n) is 6.10. The van der Waals surface area contributed by atoms with E-state index in [1.165, 1.54) is 0 Å². The van der Waals surface area contributed by atoms with E-state index in [4.69, 9.17) is 11.5 Å². The Morgan fingerprint density at radius 3 is 2.75 bits per heavy atom. The van der Waals surface area contributed by atoms with Gasteiger partial charge in [0.1, 0.15) is 0 Å². The Labute approximate surface area is 74.3 Å². The van der Waals surface area contributed by atoms with Gasteiger partial charge in [-0.3, -0.25) is 4.79 Å². The average Bonchev–Trinajstić information content (AvgIpc) is 2.35. The highest BCUT2D eigenvalue weighted by atomic mass is 35.5. The van der Waals surface area contributed by atoms with Gasteiger partial charge >= 0.3 is 0 Å². The molecule has 1 amide bonds. The maximum absolute atomic E-state index is 10.4. The van der Waals surface area contributed by atoms with Gasteiger partial charge in [-0.05, 0) is 0 Å². The molecule has 0 aliphatic rings. The highest BCUT2D eigenvalue weighted by Crippen LogP contribution is 2.04. The Morgan fingerprint density at radius 1 is 1.67 bits per heavy atom. The van der Waals surface area contributed by atoms with Gasteiger partial charge in [-0.15, -0.1) is 22.6 Å². The summed E-state index contributed by atoms with van der Waals surface area (Å²) in [4.78, 5) is 10.4. The lowest BCUT2D eigenvalue weighted by molar-refractivity contribution is -0.118. The van der Waals surface area contributed by atoms with Crippen molar-refractivity contribution in [3.63, 3.8) is 0 Å². The van der Waals surface area contributed by atoms with Crippen molar-refractivity contribution in [2.75, 3.05) is 0 Å². The molecule has 7 nitrogen and oxygen atoms in total.